The highest BCUT2D eigenvalue weighted by Crippen LogP contribution is 2.18. The number of carbonyl (C=O) groups is 2. The number of hydrogen-bond donors (Lipinski definition) is 1. The van der Waals surface area contributed by atoms with Crippen LogP contribution in [0.1, 0.15) is 7.43 Å². The van der Waals surface area contributed by atoms with Crippen molar-refractivity contribution in [1.82, 2.24) is 29.8 Å². The Morgan fingerprint density at radius 3 is 1.59 bits per heavy atom. The van der Waals surface area contributed by atoms with Crippen LogP contribution in [0.25, 0.3) is 0 Å². The van der Waals surface area contributed by atoms with Crippen molar-refractivity contribution in [2.75, 3.05) is 68.0 Å². The van der Waals surface area contributed by atoms with Crippen LogP contribution in [-0.4, -0.2) is 99.8 Å². The van der Waals surface area contributed by atoms with Crippen molar-refractivity contribution in [2.24, 2.45) is 0 Å². The fraction of sp³-hybridized carbons (Fsp3) is 0.355. The van der Waals surface area contributed by atoms with E-state index in [1.54, 1.807) is 64.7 Å². The second kappa shape index (κ2) is 17.6. The van der Waals surface area contributed by atoms with Gasteiger partial charge in [-0.3, -0.25) is 19.4 Å². The number of H-pyrrole nitrogens is 1. The summed E-state index contributed by atoms with van der Waals surface area (Å²) in [6.45, 7) is 6.01. The van der Waals surface area contributed by atoms with Gasteiger partial charge in [-0.1, -0.05) is 7.43 Å². The monoisotopic (exact) mass is 628 g/mol. The van der Waals surface area contributed by atoms with Crippen molar-refractivity contribution >= 4 is 34.8 Å². The number of halogens is 3. The number of anilines is 2. The molecule has 0 atom stereocenters. The number of nitrogens with zero attached hydrogens (tertiary/aromatic N) is 7. The normalized spacial score (nSPS) is 14.4. The molecule has 0 saturated carbocycles. The number of aromatic nitrogens is 4. The zero-order chi connectivity index (χ0) is 30.4. The van der Waals surface area contributed by atoms with Gasteiger partial charge in [0.1, 0.15) is 24.1 Å². The molecule has 0 unspecified atom stereocenters. The second-order valence-corrected chi connectivity index (χ2v) is 10.1. The standard InChI is InChI=1S/C15H17FN4O.C12H14ClFN2O.C3H4N2.CH4/c16-13-2-4-14(5-3-13)18-8-10-19(11-9-18)15(21)12-20-7-1-6-17-20;13-9-12(17)16-7-5-15(6-8-16)11-3-1-10(14)2-4-11;1-2-4-5-3-1;/h1-7H,8-12H2;1-4H,5-9H2;1-3H,(H,4,5);1H4. The maximum atomic E-state index is 12.9. The predicted octanol–water partition coefficient (Wildman–Crippen LogP) is 4.13. The van der Waals surface area contributed by atoms with Crippen LogP contribution < -0.4 is 9.80 Å². The summed E-state index contributed by atoms with van der Waals surface area (Å²) >= 11 is 5.51. The zero-order valence-corrected chi connectivity index (χ0v) is 24.5. The summed E-state index contributed by atoms with van der Waals surface area (Å²) in [6, 6.07) is 16.5. The summed E-state index contributed by atoms with van der Waals surface area (Å²) < 4.78 is 27.3. The minimum atomic E-state index is -0.232. The Balaban J connectivity index is 0.000000206. The number of amides is 2. The number of rotatable bonds is 5. The van der Waals surface area contributed by atoms with E-state index in [0.717, 1.165) is 37.6 Å². The molecule has 1 N–H and O–H groups in total. The van der Waals surface area contributed by atoms with Crippen molar-refractivity contribution in [3.63, 3.8) is 0 Å². The summed E-state index contributed by atoms with van der Waals surface area (Å²) in [5.41, 5.74) is 1.99. The van der Waals surface area contributed by atoms with Gasteiger partial charge in [0, 0.05) is 88.5 Å². The van der Waals surface area contributed by atoms with E-state index in [2.05, 4.69) is 25.1 Å². The van der Waals surface area contributed by atoms with Crippen molar-refractivity contribution in [3.05, 3.63) is 97.1 Å². The van der Waals surface area contributed by atoms with Gasteiger partial charge in [-0.15, -0.1) is 11.6 Å². The highest BCUT2D eigenvalue weighted by atomic mass is 35.5. The Bertz CT molecular complexity index is 1340. The van der Waals surface area contributed by atoms with Gasteiger partial charge in [0.05, 0.1) is 0 Å². The number of nitrogens with one attached hydrogen (secondary N) is 1. The van der Waals surface area contributed by atoms with Crippen LogP contribution in [0.5, 0.6) is 0 Å². The largest absolute Gasteiger partial charge is 0.368 e. The molecule has 2 aliphatic rings. The van der Waals surface area contributed by atoms with Crippen molar-refractivity contribution in [3.8, 4) is 0 Å². The lowest BCUT2D eigenvalue weighted by Gasteiger charge is -2.36. The molecular weight excluding hydrogens is 590 g/mol. The minimum Gasteiger partial charge on any atom is -0.368 e. The number of piperazine rings is 2. The summed E-state index contributed by atoms with van der Waals surface area (Å²) in [6.07, 6.45) is 6.91. The van der Waals surface area contributed by atoms with Crippen molar-refractivity contribution in [1.29, 1.82) is 0 Å². The van der Waals surface area contributed by atoms with Crippen LogP contribution in [0.3, 0.4) is 0 Å². The molecule has 2 amide bonds. The van der Waals surface area contributed by atoms with Gasteiger partial charge < -0.3 is 19.6 Å². The first-order valence-electron chi connectivity index (χ1n) is 14.0. The van der Waals surface area contributed by atoms with Crippen LogP contribution in [0, 0.1) is 11.6 Å². The molecule has 6 rings (SSSR count). The van der Waals surface area contributed by atoms with Gasteiger partial charge in [0.25, 0.3) is 0 Å². The van der Waals surface area contributed by atoms with E-state index in [1.165, 1.54) is 24.3 Å². The number of hydrogen-bond acceptors (Lipinski definition) is 6. The molecule has 2 fully saturated rings. The van der Waals surface area contributed by atoms with Gasteiger partial charge in [-0.25, -0.2) is 8.78 Å². The first kappa shape index (κ1) is 34.0. The first-order chi connectivity index (χ1) is 20.9. The smallest absolute Gasteiger partial charge is 0.244 e. The first-order valence-corrected chi connectivity index (χ1v) is 14.5. The Labute approximate surface area is 261 Å². The lowest BCUT2D eigenvalue weighted by Crippen LogP contribution is -2.49. The fourth-order valence-corrected chi connectivity index (χ4v) is 4.83. The summed E-state index contributed by atoms with van der Waals surface area (Å²) in [5, 5.41) is 10.3. The summed E-state index contributed by atoms with van der Waals surface area (Å²) in [5.74, 6) is -0.365. The molecule has 2 aliphatic heterocycles. The molecule has 2 saturated heterocycles. The van der Waals surface area contributed by atoms with Crippen LogP contribution >= 0.6 is 11.6 Å². The molecule has 4 aromatic rings. The maximum absolute atomic E-state index is 12.9. The molecule has 10 nitrogen and oxygen atoms in total. The Kier molecular flexibility index (Phi) is 13.6. The van der Waals surface area contributed by atoms with Crippen LogP contribution in [0.4, 0.5) is 20.2 Å². The van der Waals surface area contributed by atoms with Gasteiger partial charge in [0.15, 0.2) is 0 Å². The average molecular weight is 629 g/mol. The van der Waals surface area contributed by atoms with Crippen molar-refractivity contribution < 1.29 is 18.4 Å². The summed E-state index contributed by atoms with van der Waals surface area (Å²) in [7, 11) is 0. The number of alkyl halides is 1. The molecule has 0 spiro atoms. The average Bonchev–Trinajstić information content (AvgIpc) is 3.80. The fourth-order valence-electron chi connectivity index (χ4n) is 4.66. The SMILES string of the molecule is C.O=C(CCl)N1CCN(c2ccc(F)cc2)CC1.O=C(Cn1cccn1)N1CCN(c2ccc(F)cc2)CC1.c1cn[nH]c1. The Hall–Kier alpha value is -4.45. The number of benzene rings is 2. The molecule has 4 heterocycles. The van der Waals surface area contributed by atoms with E-state index < -0.39 is 0 Å². The van der Waals surface area contributed by atoms with E-state index in [1.807, 2.05) is 11.0 Å². The molecule has 2 aromatic carbocycles. The van der Waals surface area contributed by atoms with E-state index in [4.69, 9.17) is 11.6 Å². The Morgan fingerprint density at radius 1 is 0.727 bits per heavy atom. The van der Waals surface area contributed by atoms with Crippen LogP contribution in [0.2, 0.25) is 0 Å². The van der Waals surface area contributed by atoms with E-state index in [9.17, 15) is 18.4 Å². The molecule has 2 aromatic heterocycles. The Morgan fingerprint density at radius 2 is 1.23 bits per heavy atom. The topological polar surface area (TPSA) is 93.6 Å². The van der Waals surface area contributed by atoms with E-state index >= 15 is 0 Å². The molecule has 236 valence electrons. The highest BCUT2D eigenvalue weighted by molar-refractivity contribution is 6.27. The number of carbonyl (C=O) groups excluding carboxylic acids is 2. The predicted molar refractivity (Wildman–Crippen MR) is 169 cm³/mol. The number of aromatic amines is 1. The molecule has 0 aliphatic carbocycles. The van der Waals surface area contributed by atoms with Crippen LogP contribution in [0.15, 0.2) is 85.5 Å². The van der Waals surface area contributed by atoms with E-state index in [0.29, 0.717) is 26.2 Å². The van der Waals surface area contributed by atoms with Gasteiger partial charge in [-0.2, -0.15) is 10.2 Å². The molecule has 13 heteroatoms. The summed E-state index contributed by atoms with van der Waals surface area (Å²) in [4.78, 5) is 31.4. The van der Waals surface area contributed by atoms with Gasteiger partial charge in [-0.05, 0) is 60.7 Å². The van der Waals surface area contributed by atoms with Crippen molar-refractivity contribution in [2.45, 2.75) is 14.0 Å². The lowest BCUT2D eigenvalue weighted by atomic mass is 10.2. The quantitative estimate of drug-likeness (QED) is 0.334. The van der Waals surface area contributed by atoms with E-state index in [-0.39, 0.29) is 43.3 Å². The third-order valence-corrected chi connectivity index (χ3v) is 7.25. The van der Waals surface area contributed by atoms with Crippen LogP contribution in [-0.2, 0) is 16.1 Å². The molecular formula is C31H39ClF2N8O2. The third-order valence-electron chi connectivity index (χ3n) is 7.02. The molecule has 0 bridgehead atoms. The maximum Gasteiger partial charge on any atom is 0.244 e. The van der Waals surface area contributed by atoms with Gasteiger partial charge in [0.2, 0.25) is 11.8 Å². The second-order valence-electron chi connectivity index (χ2n) is 9.79. The minimum absolute atomic E-state index is 0. The highest BCUT2D eigenvalue weighted by Gasteiger charge is 2.22. The third kappa shape index (κ3) is 10.4. The molecule has 44 heavy (non-hydrogen) atoms. The van der Waals surface area contributed by atoms with Gasteiger partial charge >= 0.3 is 0 Å². The zero-order valence-electron chi connectivity index (χ0n) is 23.7. The lowest BCUT2D eigenvalue weighted by molar-refractivity contribution is -0.132. The molecule has 0 radical (unpaired) electrons.